The van der Waals surface area contributed by atoms with Gasteiger partial charge in [0.25, 0.3) is 0 Å². The lowest BCUT2D eigenvalue weighted by Crippen LogP contribution is -2.16. The summed E-state index contributed by atoms with van der Waals surface area (Å²) >= 11 is 0. The topological polar surface area (TPSA) is 42.0 Å². The summed E-state index contributed by atoms with van der Waals surface area (Å²) in [5.74, 6) is 0.185. The molecule has 0 saturated heterocycles. The van der Waals surface area contributed by atoms with E-state index in [1.54, 1.807) is 19.4 Å². The second-order valence-electron chi connectivity index (χ2n) is 7.40. The molecule has 28 heavy (non-hydrogen) atoms. The average molecular weight is 413 g/mol. The van der Waals surface area contributed by atoms with E-state index in [0.29, 0.717) is 6.42 Å². The van der Waals surface area contributed by atoms with Crippen LogP contribution in [0.3, 0.4) is 0 Å². The highest BCUT2D eigenvalue weighted by Crippen LogP contribution is 2.13. The fourth-order valence-electron chi connectivity index (χ4n) is 3.09. The van der Waals surface area contributed by atoms with Crippen molar-refractivity contribution >= 4 is 18.3 Å². The van der Waals surface area contributed by atoms with Gasteiger partial charge in [0.05, 0.1) is 0 Å². The molecule has 0 bridgehead atoms. The zero-order valence-corrected chi connectivity index (χ0v) is 19.3. The van der Waals surface area contributed by atoms with E-state index in [2.05, 4.69) is 17.2 Å². The summed E-state index contributed by atoms with van der Waals surface area (Å²) in [7, 11) is 1.72. The molecule has 0 radical (unpaired) electrons. The number of hydrogen-bond donors (Lipinski definition) is 1. The molecule has 0 aliphatic rings. The van der Waals surface area contributed by atoms with Crippen molar-refractivity contribution in [1.29, 1.82) is 0 Å². The number of carbonyl (C=O) groups is 1. The summed E-state index contributed by atoms with van der Waals surface area (Å²) in [6.45, 7) is 2.28. The molecule has 1 rings (SSSR count). The van der Waals surface area contributed by atoms with E-state index in [-0.39, 0.29) is 18.3 Å². The first kappa shape index (κ1) is 29.1. The molecule has 0 atom stereocenters. The maximum atomic E-state index is 11.0. The largest absolute Gasteiger partial charge is 0.359 e. The number of pyridine rings is 1. The Labute approximate surface area is 180 Å². The van der Waals surface area contributed by atoms with E-state index < -0.39 is 0 Å². The first-order valence-corrected chi connectivity index (χ1v) is 11.4. The minimum Gasteiger partial charge on any atom is -0.359 e. The second kappa shape index (κ2) is 25.9. The van der Waals surface area contributed by atoms with Crippen LogP contribution in [-0.4, -0.2) is 17.9 Å². The first-order valence-electron chi connectivity index (χ1n) is 11.4. The highest BCUT2D eigenvalue weighted by atomic mass is 35.5. The number of halogens is 1. The number of nitrogens with zero attached hydrogens (tertiary/aromatic N) is 1. The van der Waals surface area contributed by atoms with Crippen molar-refractivity contribution < 1.29 is 4.79 Å². The summed E-state index contributed by atoms with van der Waals surface area (Å²) in [5, 5.41) is 2.68. The summed E-state index contributed by atoms with van der Waals surface area (Å²) in [6.07, 6.45) is 24.8. The second-order valence-corrected chi connectivity index (χ2v) is 7.40. The van der Waals surface area contributed by atoms with E-state index in [0.717, 1.165) is 6.42 Å². The monoisotopic (exact) mass is 412 g/mol. The van der Waals surface area contributed by atoms with Crippen LogP contribution < -0.4 is 5.32 Å². The molecule has 164 valence electrons. The number of aromatic nitrogens is 1. The van der Waals surface area contributed by atoms with Crippen molar-refractivity contribution in [2.45, 2.75) is 110 Å². The van der Waals surface area contributed by atoms with Crippen LogP contribution in [-0.2, 0) is 4.79 Å². The molecule has 0 aromatic carbocycles. The van der Waals surface area contributed by atoms with Crippen LogP contribution in [0.25, 0.3) is 0 Å². The van der Waals surface area contributed by atoms with E-state index in [1.165, 1.54) is 89.9 Å². The number of amides is 1. The molecule has 0 spiro atoms. The summed E-state index contributed by atoms with van der Waals surface area (Å²) in [6, 6.07) is 5.72. The van der Waals surface area contributed by atoms with Crippen LogP contribution in [0.15, 0.2) is 30.6 Å². The molecule has 1 heterocycles. The number of rotatable bonds is 16. The van der Waals surface area contributed by atoms with Crippen molar-refractivity contribution in [3.05, 3.63) is 30.6 Å². The van der Waals surface area contributed by atoms with Gasteiger partial charge in [0.15, 0.2) is 0 Å². The molecule has 0 aliphatic heterocycles. The standard InChI is InChI=1S/C19H39NO.C5H5N.ClH/c1-3-4-5-6-7-8-9-10-11-12-13-14-15-16-17-18-19(21)20-2;1-2-4-6-5-3-1;/h3-18H2,1-2H3,(H,20,21);1-5H;1H. The molecular weight excluding hydrogens is 368 g/mol. The van der Waals surface area contributed by atoms with Crippen LogP contribution in [0.5, 0.6) is 0 Å². The zero-order valence-electron chi connectivity index (χ0n) is 18.5. The van der Waals surface area contributed by atoms with E-state index in [4.69, 9.17) is 0 Å². The van der Waals surface area contributed by atoms with E-state index in [1.807, 2.05) is 18.2 Å². The smallest absolute Gasteiger partial charge is 0.219 e. The maximum Gasteiger partial charge on any atom is 0.219 e. The summed E-state index contributed by atoms with van der Waals surface area (Å²) in [5.41, 5.74) is 0. The van der Waals surface area contributed by atoms with Crippen LogP contribution in [0.4, 0.5) is 0 Å². The van der Waals surface area contributed by atoms with Crippen LogP contribution >= 0.6 is 12.4 Å². The normalized spacial score (nSPS) is 9.79. The van der Waals surface area contributed by atoms with Crippen LogP contribution in [0, 0.1) is 0 Å². The van der Waals surface area contributed by atoms with Crippen LogP contribution in [0.1, 0.15) is 110 Å². The third-order valence-corrected chi connectivity index (χ3v) is 4.85. The summed E-state index contributed by atoms with van der Waals surface area (Å²) < 4.78 is 0. The van der Waals surface area contributed by atoms with Gasteiger partial charge < -0.3 is 5.32 Å². The Balaban J connectivity index is 0. The molecule has 1 aromatic heterocycles. The zero-order chi connectivity index (χ0) is 19.8. The lowest BCUT2D eigenvalue weighted by atomic mass is 10.0. The van der Waals surface area contributed by atoms with Gasteiger partial charge in [0.1, 0.15) is 0 Å². The Morgan fingerprint density at radius 3 is 1.36 bits per heavy atom. The molecular formula is C24H45ClN2O. The highest BCUT2D eigenvalue weighted by Gasteiger charge is 1.97. The van der Waals surface area contributed by atoms with Gasteiger partial charge in [-0.15, -0.1) is 12.4 Å². The van der Waals surface area contributed by atoms with Crippen molar-refractivity contribution in [2.75, 3.05) is 7.05 Å². The molecule has 0 unspecified atom stereocenters. The SMILES string of the molecule is CCCCCCCCCCCCCCCCCC(=O)NC.Cl.c1ccncc1. The molecule has 0 saturated carbocycles. The summed E-state index contributed by atoms with van der Waals surface area (Å²) in [4.78, 5) is 14.8. The molecule has 0 fully saturated rings. The maximum absolute atomic E-state index is 11.0. The third-order valence-electron chi connectivity index (χ3n) is 4.85. The van der Waals surface area contributed by atoms with Crippen molar-refractivity contribution in [1.82, 2.24) is 10.3 Å². The Morgan fingerprint density at radius 2 is 1.07 bits per heavy atom. The number of unbranched alkanes of at least 4 members (excludes halogenated alkanes) is 14. The number of hydrogen-bond acceptors (Lipinski definition) is 2. The first-order chi connectivity index (χ1) is 13.3. The van der Waals surface area contributed by atoms with Gasteiger partial charge in [-0.3, -0.25) is 9.78 Å². The lowest BCUT2D eigenvalue weighted by Gasteiger charge is -2.03. The van der Waals surface area contributed by atoms with Gasteiger partial charge in [-0.2, -0.15) is 0 Å². The molecule has 0 aliphatic carbocycles. The van der Waals surface area contributed by atoms with Crippen molar-refractivity contribution in [3.8, 4) is 0 Å². The fourth-order valence-corrected chi connectivity index (χ4v) is 3.09. The quantitative estimate of drug-likeness (QED) is 0.285. The van der Waals surface area contributed by atoms with E-state index >= 15 is 0 Å². The predicted molar refractivity (Wildman–Crippen MR) is 125 cm³/mol. The average Bonchev–Trinajstić information content (AvgIpc) is 2.72. The van der Waals surface area contributed by atoms with Crippen molar-refractivity contribution in [3.63, 3.8) is 0 Å². The minimum absolute atomic E-state index is 0. The van der Waals surface area contributed by atoms with E-state index in [9.17, 15) is 4.79 Å². The third kappa shape index (κ3) is 24.9. The Bertz CT molecular complexity index is 374. The lowest BCUT2D eigenvalue weighted by molar-refractivity contribution is -0.120. The predicted octanol–water partition coefficient (Wildman–Crippen LogP) is 7.50. The van der Waals surface area contributed by atoms with Crippen molar-refractivity contribution in [2.24, 2.45) is 0 Å². The molecule has 4 heteroatoms. The van der Waals surface area contributed by atoms with Gasteiger partial charge in [-0.25, -0.2) is 0 Å². The number of nitrogens with one attached hydrogen (secondary N) is 1. The van der Waals surface area contributed by atoms with Gasteiger partial charge in [0.2, 0.25) is 5.91 Å². The fraction of sp³-hybridized carbons (Fsp3) is 0.750. The Hall–Kier alpha value is -1.09. The Morgan fingerprint density at radius 1 is 0.679 bits per heavy atom. The minimum atomic E-state index is 0. The Kier molecular flexibility index (Phi) is 26.9. The highest BCUT2D eigenvalue weighted by molar-refractivity contribution is 5.85. The van der Waals surface area contributed by atoms with Gasteiger partial charge in [-0.05, 0) is 18.6 Å². The van der Waals surface area contributed by atoms with Gasteiger partial charge in [-0.1, -0.05) is 103 Å². The van der Waals surface area contributed by atoms with Crippen LogP contribution in [0.2, 0.25) is 0 Å². The molecule has 1 aromatic rings. The van der Waals surface area contributed by atoms with Gasteiger partial charge >= 0.3 is 0 Å². The molecule has 1 N–H and O–H groups in total. The molecule has 3 nitrogen and oxygen atoms in total. The molecule has 1 amide bonds. The number of carbonyl (C=O) groups excluding carboxylic acids is 1. The van der Waals surface area contributed by atoms with Gasteiger partial charge in [0, 0.05) is 25.9 Å².